The van der Waals surface area contributed by atoms with E-state index >= 15 is 0 Å². The van der Waals surface area contributed by atoms with Gasteiger partial charge in [0.15, 0.2) is 5.79 Å². The molecule has 126 valence electrons. The number of ether oxygens (including phenoxy) is 3. The molecule has 0 bridgehead atoms. The lowest BCUT2D eigenvalue weighted by atomic mass is 10.0. The molecule has 0 aromatic heterocycles. The van der Waals surface area contributed by atoms with Crippen LogP contribution in [0.25, 0.3) is 0 Å². The van der Waals surface area contributed by atoms with Crippen molar-refractivity contribution >= 4 is 11.6 Å². The number of nitrogens with one attached hydrogen (secondary N) is 1. The molecule has 1 N–H and O–H groups in total. The first-order valence-electron chi connectivity index (χ1n) is 8.13. The average molecular weight is 320 g/mol. The Hall–Kier alpha value is -1.63. The minimum atomic E-state index is -0.345. The second kappa shape index (κ2) is 7.29. The molecule has 6 nitrogen and oxygen atoms in total. The van der Waals surface area contributed by atoms with Gasteiger partial charge in [-0.05, 0) is 24.3 Å². The molecule has 1 aromatic rings. The Balaban J connectivity index is 1.39. The van der Waals surface area contributed by atoms with E-state index < -0.39 is 0 Å². The third-order valence-electron chi connectivity index (χ3n) is 4.46. The van der Waals surface area contributed by atoms with Gasteiger partial charge in [-0.3, -0.25) is 4.79 Å². The fourth-order valence-electron chi connectivity index (χ4n) is 3.06. The fraction of sp³-hybridized carbons (Fsp3) is 0.588. The molecule has 1 aromatic carbocycles. The van der Waals surface area contributed by atoms with Crippen molar-refractivity contribution in [2.45, 2.75) is 25.0 Å². The highest BCUT2D eigenvalue weighted by atomic mass is 16.7. The second-order valence-electron chi connectivity index (χ2n) is 5.98. The number of nitrogens with zero attached hydrogens (tertiary/aromatic N) is 1. The van der Waals surface area contributed by atoms with E-state index in [2.05, 4.69) is 10.2 Å². The van der Waals surface area contributed by atoms with Gasteiger partial charge in [0.05, 0.1) is 20.3 Å². The van der Waals surface area contributed by atoms with Crippen molar-refractivity contribution in [3.05, 3.63) is 24.3 Å². The monoisotopic (exact) mass is 320 g/mol. The van der Waals surface area contributed by atoms with Crippen LogP contribution in [0.2, 0.25) is 0 Å². The summed E-state index contributed by atoms with van der Waals surface area (Å²) in [5.74, 6) is 0.465. The highest BCUT2D eigenvalue weighted by Crippen LogP contribution is 2.31. The number of piperidine rings is 1. The van der Waals surface area contributed by atoms with E-state index in [1.807, 2.05) is 24.3 Å². The summed E-state index contributed by atoms with van der Waals surface area (Å²) >= 11 is 0. The maximum absolute atomic E-state index is 12.0. The third kappa shape index (κ3) is 4.22. The number of carbonyl (C=O) groups excluding carboxylic acids is 1. The lowest BCUT2D eigenvalue weighted by molar-refractivity contribution is -0.185. The Morgan fingerprint density at radius 1 is 1.22 bits per heavy atom. The molecule has 0 atom stereocenters. The molecule has 2 saturated heterocycles. The fourth-order valence-corrected chi connectivity index (χ4v) is 3.06. The lowest BCUT2D eigenvalue weighted by Crippen LogP contribution is -2.45. The van der Waals surface area contributed by atoms with E-state index in [1.165, 1.54) is 0 Å². The van der Waals surface area contributed by atoms with Crippen LogP contribution in [-0.4, -0.2) is 56.6 Å². The Bertz CT molecular complexity index is 516. The molecule has 23 heavy (non-hydrogen) atoms. The van der Waals surface area contributed by atoms with Gasteiger partial charge in [-0.15, -0.1) is 0 Å². The number of rotatable bonds is 5. The van der Waals surface area contributed by atoms with E-state index in [9.17, 15) is 4.79 Å². The van der Waals surface area contributed by atoms with Crippen molar-refractivity contribution in [3.8, 4) is 5.75 Å². The van der Waals surface area contributed by atoms with Gasteiger partial charge >= 0.3 is 0 Å². The third-order valence-corrected chi connectivity index (χ3v) is 4.46. The molecule has 2 aliphatic heterocycles. The van der Waals surface area contributed by atoms with Crippen LogP contribution in [0.1, 0.15) is 19.3 Å². The Labute approximate surface area is 136 Å². The summed E-state index contributed by atoms with van der Waals surface area (Å²) in [6.07, 6.45) is 2.25. The van der Waals surface area contributed by atoms with Gasteiger partial charge in [-0.2, -0.15) is 0 Å². The second-order valence-corrected chi connectivity index (χ2v) is 5.98. The summed E-state index contributed by atoms with van der Waals surface area (Å²) in [7, 11) is 1.62. The van der Waals surface area contributed by atoms with Crippen LogP contribution in [0.5, 0.6) is 5.75 Å². The summed E-state index contributed by atoms with van der Waals surface area (Å²) in [5, 5.41) is 2.91. The van der Waals surface area contributed by atoms with Crippen LogP contribution in [0, 0.1) is 0 Å². The van der Waals surface area contributed by atoms with Gasteiger partial charge in [0.1, 0.15) is 5.75 Å². The topological polar surface area (TPSA) is 60.0 Å². The number of hydrogen-bond donors (Lipinski definition) is 1. The minimum Gasteiger partial charge on any atom is -0.497 e. The molecule has 1 amide bonds. The zero-order chi connectivity index (χ0) is 16.1. The molecular weight excluding hydrogens is 296 g/mol. The van der Waals surface area contributed by atoms with E-state index in [1.54, 1.807) is 7.11 Å². The smallest absolute Gasteiger partial charge is 0.225 e. The number of hydrogen-bond acceptors (Lipinski definition) is 5. The average Bonchev–Trinajstić information content (AvgIpc) is 3.03. The largest absolute Gasteiger partial charge is 0.497 e. The molecule has 2 fully saturated rings. The number of benzene rings is 1. The van der Waals surface area contributed by atoms with Gasteiger partial charge < -0.3 is 24.4 Å². The van der Waals surface area contributed by atoms with Crippen molar-refractivity contribution in [2.75, 3.05) is 45.3 Å². The van der Waals surface area contributed by atoms with E-state index in [0.29, 0.717) is 19.6 Å². The number of likely N-dealkylation sites (tertiary alicyclic amines) is 1. The van der Waals surface area contributed by atoms with Crippen LogP contribution in [-0.2, 0) is 14.3 Å². The Kier molecular flexibility index (Phi) is 5.15. The quantitative estimate of drug-likeness (QED) is 0.897. The summed E-state index contributed by atoms with van der Waals surface area (Å²) < 4.78 is 16.5. The van der Waals surface area contributed by atoms with Crippen LogP contribution in [0.3, 0.4) is 0 Å². The molecule has 3 rings (SSSR count). The number of methoxy groups -OCH3 is 1. The lowest BCUT2D eigenvalue weighted by Gasteiger charge is -2.37. The van der Waals surface area contributed by atoms with Crippen molar-refractivity contribution in [1.29, 1.82) is 0 Å². The van der Waals surface area contributed by atoms with Crippen LogP contribution in [0.15, 0.2) is 24.3 Å². The van der Waals surface area contributed by atoms with E-state index in [0.717, 1.165) is 43.9 Å². The number of amides is 1. The van der Waals surface area contributed by atoms with Gasteiger partial charge in [-0.25, -0.2) is 0 Å². The highest BCUT2D eigenvalue weighted by molar-refractivity contribution is 5.90. The van der Waals surface area contributed by atoms with Crippen LogP contribution >= 0.6 is 0 Å². The van der Waals surface area contributed by atoms with Crippen molar-refractivity contribution in [1.82, 2.24) is 4.90 Å². The van der Waals surface area contributed by atoms with E-state index in [-0.39, 0.29) is 11.7 Å². The minimum absolute atomic E-state index is 0.0313. The van der Waals surface area contributed by atoms with Crippen LogP contribution in [0.4, 0.5) is 5.69 Å². The molecule has 0 saturated carbocycles. The Morgan fingerprint density at radius 2 is 1.87 bits per heavy atom. The summed E-state index contributed by atoms with van der Waals surface area (Å²) in [6, 6.07) is 7.36. The maximum Gasteiger partial charge on any atom is 0.225 e. The Morgan fingerprint density at radius 3 is 2.48 bits per heavy atom. The molecule has 0 unspecified atom stereocenters. The summed E-state index contributed by atoms with van der Waals surface area (Å²) in [5.41, 5.74) is 0.793. The van der Waals surface area contributed by atoms with E-state index in [4.69, 9.17) is 14.2 Å². The standard InChI is InChI=1S/C17H24N2O4/c1-21-15-4-2-14(3-5-15)18-16(20)6-9-19-10-7-17(8-11-19)22-12-13-23-17/h2-5H,6-13H2,1H3,(H,18,20). The molecule has 1 spiro atoms. The molecular formula is C17H24N2O4. The normalized spacial score (nSPS) is 20.6. The molecule has 2 heterocycles. The molecule has 0 radical (unpaired) electrons. The molecule has 0 aliphatic carbocycles. The van der Waals surface area contributed by atoms with Gasteiger partial charge in [0, 0.05) is 44.6 Å². The first kappa shape index (κ1) is 16.2. The predicted octanol–water partition coefficient (Wildman–Crippen LogP) is 1.86. The highest BCUT2D eigenvalue weighted by Gasteiger charge is 2.39. The predicted molar refractivity (Wildman–Crippen MR) is 86.5 cm³/mol. The first-order chi connectivity index (χ1) is 11.2. The zero-order valence-electron chi connectivity index (χ0n) is 13.5. The maximum atomic E-state index is 12.0. The van der Waals surface area contributed by atoms with Crippen LogP contribution < -0.4 is 10.1 Å². The summed E-state index contributed by atoms with van der Waals surface area (Å²) in [6.45, 7) is 3.98. The van der Waals surface area contributed by atoms with Crippen molar-refractivity contribution < 1.29 is 19.0 Å². The SMILES string of the molecule is COc1ccc(NC(=O)CCN2CCC3(CC2)OCCO3)cc1. The van der Waals surface area contributed by atoms with Crippen molar-refractivity contribution in [3.63, 3.8) is 0 Å². The number of carbonyl (C=O) groups is 1. The zero-order valence-corrected chi connectivity index (χ0v) is 13.5. The molecule has 2 aliphatic rings. The van der Waals surface area contributed by atoms with Gasteiger partial charge in [0.2, 0.25) is 5.91 Å². The first-order valence-corrected chi connectivity index (χ1v) is 8.13. The van der Waals surface area contributed by atoms with Gasteiger partial charge in [-0.1, -0.05) is 0 Å². The number of anilines is 1. The summed E-state index contributed by atoms with van der Waals surface area (Å²) in [4.78, 5) is 14.3. The molecule has 6 heteroatoms. The van der Waals surface area contributed by atoms with Gasteiger partial charge in [0.25, 0.3) is 0 Å². The van der Waals surface area contributed by atoms with Crippen molar-refractivity contribution in [2.24, 2.45) is 0 Å².